The molecule has 1 aliphatic carbocycles. The van der Waals surface area contributed by atoms with Crippen LogP contribution in [0.3, 0.4) is 0 Å². The number of likely N-dealkylation sites (N-methyl/N-ethyl adjacent to an activating group) is 1. The Morgan fingerprint density at radius 1 is 1.17 bits per heavy atom. The van der Waals surface area contributed by atoms with E-state index in [2.05, 4.69) is 28.8 Å². The van der Waals surface area contributed by atoms with Crippen LogP contribution in [-0.2, 0) is 10.0 Å². The molecule has 0 atom stereocenters. The van der Waals surface area contributed by atoms with E-state index in [4.69, 9.17) is 0 Å². The van der Waals surface area contributed by atoms with Crippen LogP contribution in [0.15, 0.2) is 0 Å². The van der Waals surface area contributed by atoms with Gasteiger partial charge >= 0.3 is 0 Å². The van der Waals surface area contributed by atoms with Crippen LogP contribution in [-0.4, -0.2) is 57.8 Å². The van der Waals surface area contributed by atoms with Crippen molar-refractivity contribution in [1.82, 2.24) is 14.9 Å². The summed E-state index contributed by atoms with van der Waals surface area (Å²) < 4.78 is 26.0. The summed E-state index contributed by atoms with van der Waals surface area (Å²) >= 11 is 0. The molecule has 1 aliphatic rings. The standard InChI is InChI=1S/C12H27N3O2S/c1-3-7-13-9-11-18(16,17)14-8-10-15(4-2)12-5-6-12/h12-14H,3-11H2,1-2H3. The molecule has 108 valence electrons. The molecule has 6 heteroatoms. The molecule has 0 radical (unpaired) electrons. The predicted molar refractivity (Wildman–Crippen MR) is 75.2 cm³/mol. The fourth-order valence-electron chi connectivity index (χ4n) is 1.96. The molecule has 0 bridgehead atoms. The van der Waals surface area contributed by atoms with Crippen LogP contribution in [0.5, 0.6) is 0 Å². The van der Waals surface area contributed by atoms with Gasteiger partial charge in [0.05, 0.1) is 5.75 Å². The second-order valence-electron chi connectivity index (χ2n) is 4.82. The molecule has 1 saturated carbocycles. The molecular weight excluding hydrogens is 250 g/mol. The highest BCUT2D eigenvalue weighted by atomic mass is 32.2. The molecule has 1 rings (SSSR count). The highest BCUT2D eigenvalue weighted by Crippen LogP contribution is 2.25. The Labute approximate surface area is 111 Å². The van der Waals surface area contributed by atoms with Gasteiger partial charge in [0.15, 0.2) is 0 Å². The quantitative estimate of drug-likeness (QED) is 0.536. The number of rotatable bonds is 11. The van der Waals surface area contributed by atoms with E-state index in [9.17, 15) is 8.42 Å². The van der Waals surface area contributed by atoms with Crippen LogP contribution in [0, 0.1) is 0 Å². The van der Waals surface area contributed by atoms with Crippen LogP contribution >= 0.6 is 0 Å². The molecular formula is C12H27N3O2S. The van der Waals surface area contributed by atoms with Crippen molar-refractivity contribution in [2.75, 3.05) is 38.5 Å². The number of hydrogen-bond donors (Lipinski definition) is 2. The van der Waals surface area contributed by atoms with Gasteiger partial charge in [0, 0.05) is 25.7 Å². The summed E-state index contributed by atoms with van der Waals surface area (Å²) in [7, 11) is -3.11. The Bertz CT molecular complexity index is 315. The van der Waals surface area contributed by atoms with Crippen LogP contribution in [0.25, 0.3) is 0 Å². The van der Waals surface area contributed by atoms with Gasteiger partial charge in [-0.05, 0) is 32.4 Å². The average Bonchev–Trinajstić information content (AvgIpc) is 3.14. The van der Waals surface area contributed by atoms with Crippen molar-refractivity contribution in [2.24, 2.45) is 0 Å². The molecule has 0 unspecified atom stereocenters. The van der Waals surface area contributed by atoms with Crippen molar-refractivity contribution in [1.29, 1.82) is 0 Å². The van der Waals surface area contributed by atoms with Crippen molar-refractivity contribution in [3.63, 3.8) is 0 Å². The third kappa shape index (κ3) is 6.68. The Balaban J connectivity index is 2.12. The van der Waals surface area contributed by atoms with E-state index in [0.717, 1.165) is 26.1 Å². The predicted octanol–water partition coefficient (Wildman–Crippen LogP) is 0.390. The molecule has 2 N–H and O–H groups in total. The molecule has 0 heterocycles. The second kappa shape index (κ2) is 8.09. The van der Waals surface area contributed by atoms with Gasteiger partial charge in [-0.3, -0.25) is 4.90 Å². The zero-order chi connectivity index (χ0) is 13.4. The van der Waals surface area contributed by atoms with E-state index in [1.54, 1.807) is 0 Å². The van der Waals surface area contributed by atoms with Crippen molar-refractivity contribution < 1.29 is 8.42 Å². The molecule has 18 heavy (non-hydrogen) atoms. The minimum atomic E-state index is -3.11. The van der Waals surface area contributed by atoms with Crippen LogP contribution < -0.4 is 10.0 Å². The zero-order valence-electron chi connectivity index (χ0n) is 11.6. The van der Waals surface area contributed by atoms with Gasteiger partial charge < -0.3 is 5.32 Å². The van der Waals surface area contributed by atoms with Gasteiger partial charge in [-0.2, -0.15) is 0 Å². The monoisotopic (exact) mass is 277 g/mol. The van der Waals surface area contributed by atoms with E-state index in [0.29, 0.717) is 19.1 Å². The lowest BCUT2D eigenvalue weighted by molar-refractivity contribution is 0.282. The number of nitrogens with one attached hydrogen (secondary N) is 2. The second-order valence-corrected chi connectivity index (χ2v) is 6.75. The first-order valence-electron chi connectivity index (χ1n) is 7.01. The molecule has 0 spiro atoms. The Kier molecular flexibility index (Phi) is 7.14. The maximum atomic E-state index is 11.7. The first kappa shape index (κ1) is 15.9. The lowest BCUT2D eigenvalue weighted by Crippen LogP contribution is -2.38. The topological polar surface area (TPSA) is 61.4 Å². The van der Waals surface area contributed by atoms with Crippen molar-refractivity contribution in [2.45, 2.75) is 39.2 Å². The lowest BCUT2D eigenvalue weighted by atomic mass is 10.4. The maximum Gasteiger partial charge on any atom is 0.212 e. The van der Waals surface area contributed by atoms with E-state index in [-0.39, 0.29) is 5.75 Å². The van der Waals surface area contributed by atoms with E-state index in [1.165, 1.54) is 12.8 Å². The van der Waals surface area contributed by atoms with Crippen molar-refractivity contribution >= 4 is 10.0 Å². The van der Waals surface area contributed by atoms with Crippen LogP contribution in [0.1, 0.15) is 33.1 Å². The van der Waals surface area contributed by atoms with Gasteiger partial charge in [0.1, 0.15) is 0 Å². The molecule has 5 nitrogen and oxygen atoms in total. The summed E-state index contributed by atoms with van der Waals surface area (Å²) in [5, 5.41) is 3.10. The van der Waals surface area contributed by atoms with E-state index < -0.39 is 10.0 Å². The molecule has 0 aliphatic heterocycles. The summed E-state index contributed by atoms with van der Waals surface area (Å²) in [5.41, 5.74) is 0. The minimum Gasteiger partial charge on any atom is -0.316 e. The fourth-order valence-corrected chi connectivity index (χ4v) is 2.92. The molecule has 0 aromatic carbocycles. The summed E-state index contributed by atoms with van der Waals surface area (Å²) in [4.78, 5) is 2.35. The van der Waals surface area contributed by atoms with Gasteiger partial charge in [-0.25, -0.2) is 13.1 Å². The number of hydrogen-bond acceptors (Lipinski definition) is 4. The average molecular weight is 277 g/mol. The molecule has 0 aromatic rings. The Hall–Kier alpha value is -0.170. The molecule has 0 saturated heterocycles. The smallest absolute Gasteiger partial charge is 0.212 e. The molecule has 0 amide bonds. The number of nitrogens with zero attached hydrogens (tertiary/aromatic N) is 1. The Morgan fingerprint density at radius 2 is 1.89 bits per heavy atom. The lowest BCUT2D eigenvalue weighted by Gasteiger charge is -2.19. The van der Waals surface area contributed by atoms with Gasteiger partial charge in [0.25, 0.3) is 0 Å². The van der Waals surface area contributed by atoms with Crippen LogP contribution in [0.2, 0.25) is 0 Å². The van der Waals surface area contributed by atoms with E-state index in [1.807, 2.05) is 0 Å². The summed E-state index contributed by atoms with van der Waals surface area (Å²) in [6.07, 6.45) is 3.56. The van der Waals surface area contributed by atoms with E-state index >= 15 is 0 Å². The normalized spacial score (nSPS) is 16.4. The zero-order valence-corrected chi connectivity index (χ0v) is 12.4. The first-order valence-corrected chi connectivity index (χ1v) is 8.66. The van der Waals surface area contributed by atoms with Crippen molar-refractivity contribution in [3.05, 3.63) is 0 Å². The highest BCUT2D eigenvalue weighted by Gasteiger charge is 2.27. The largest absolute Gasteiger partial charge is 0.316 e. The van der Waals surface area contributed by atoms with Gasteiger partial charge in [0.2, 0.25) is 10.0 Å². The van der Waals surface area contributed by atoms with Crippen molar-refractivity contribution in [3.8, 4) is 0 Å². The number of sulfonamides is 1. The maximum absolute atomic E-state index is 11.7. The molecule has 0 aromatic heterocycles. The summed E-state index contributed by atoms with van der Waals surface area (Å²) in [6, 6.07) is 0.700. The SMILES string of the molecule is CCCNCCS(=O)(=O)NCCN(CC)C1CC1. The van der Waals surface area contributed by atoms with Crippen LogP contribution in [0.4, 0.5) is 0 Å². The minimum absolute atomic E-state index is 0.169. The van der Waals surface area contributed by atoms with Gasteiger partial charge in [-0.1, -0.05) is 13.8 Å². The third-order valence-electron chi connectivity index (χ3n) is 3.16. The Morgan fingerprint density at radius 3 is 2.44 bits per heavy atom. The molecule has 1 fully saturated rings. The fraction of sp³-hybridized carbons (Fsp3) is 1.00. The summed E-state index contributed by atoms with van der Waals surface area (Å²) in [6.45, 7) is 7.95. The third-order valence-corrected chi connectivity index (χ3v) is 4.55. The highest BCUT2D eigenvalue weighted by molar-refractivity contribution is 7.89. The summed E-state index contributed by atoms with van der Waals surface area (Å²) in [5.74, 6) is 0.169. The first-order chi connectivity index (χ1) is 8.59. The van der Waals surface area contributed by atoms with Gasteiger partial charge in [-0.15, -0.1) is 0 Å².